The SMILES string of the molecule is OC1OC(Br)C(C(F)(F)C(F)(F)C(F)(F)C(F)(F)C(F)(F)C(F)(F)F)O1. The first kappa shape index (κ1) is 23.5. The van der Waals surface area contributed by atoms with Crippen LogP contribution in [0.4, 0.5) is 57.1 Å². The molecule has 1 N–H and O–H groups in total. The summed E-state index contributed by atoms with van der Waals surface area (Å²) < 4.78 is 175. The van der Waals surface area contributed by atoms with Crippen LogP contribution in [0.5, 0.6) is 0 Å². The molecule has 1 aliphatic heterocycles. The molecule has 0 aromatic heterocycles. The summed E-state index contributed by atoms with van der Waals surface area (Å²) in [5, 5.41) is 6.10. The van der Waals surface area contributed by atoms with Gasteiger partial charge in [0.15, 0.2) is 11.1 Å². The van der Waals surface area contributed by atoms with E-state index in [-0.39, 0.29) is 0 Å². The topological polar surface area (TPSA) is 38.7 Å². The second-order valence-electron chi connectivity index (χ2n) is 4.77. The molecule has 0 bridgehead atoms. The van der Waals surface area contributed by atoms with Crippen molar-refractivity contribution in [3.05, 3.63) is 0 Å². The minimum absolute atomic E-state index is 1.98. The van der Waals surface area contributed by atoms with Crippen LogP contribution in [-0.4, -0.2) is 58.5 Å². The normalized spacial score (nSPS) is 27.1. The molecule has 17 heteroatoms. The Morgan fingerprint density at radius 2 is 1.00 bits per heavy atom. The highest BCUT2D eigenvalue weighted by atomic mass is 79.9. The molecule has 3 atom stereocenters. The van der Waals surface area contributed by atoms with Gasteiger partial charge in [-0.05, 0) is 0 Å². The maximum Gasteiger partial charge on any atom is 0.460 e. The maximum absolute atomic E-state index is 13.6. The molecule has 26 heavy (non-hydrogen) atoms. The van der Waals surface area contributed by atoms with Gasteiger partial charge in [-0.2, -0.15) is 57.1 Å². The summed E-state index contributed by atoms with van der Waals surface area (Å²) in [6.45, 7) is -2.74. The number of aliphatic hydroxyl groups is 1. The van der Waals surface area contributed by atoms with Gasteiger partial charge in [-0.1, -0.05) is 15.9 Å². The fourth-order valence-corrected chi connectivity index (χ4v) is 2.25. The van der Waals surface area contributed by atoms with E-state index in [9.17, 15) is 57.1 Å². The van der Waals surface area contributed by atoms with Gasteiger partial charge in [-0.15, -0.1) is 0 Å². The summed E-state index contributed by atoms with van der Waals surface area (Å²) >= 11 is 1.98. The van der Waals surface area contributed by atoms with Crippen molar-refractivity contribution >= 4 is 15.9 Å². The Morgan fingerprint density at radius 3 is 1.31 bits per heavy atom. The molecule has 3 unspecified atom stereocenters. The van der Waals surface area contributed by atoms with Crippen molar-refractivity contribution in [2.45, 2.75) is 53.4 Å². The van der Waals surface area contributed by atoms with Gasteiger partial charge in [0.25, 0.3) is 6.48 Å². The number of rotatable bonds is 5. The molecule has 0 spiro atoms. The molecule has 0 aliphatic carbocycles. The zero-order chi connectivity index (χ0) is 21.1. The Labute approximate surface area is 142 Å². The number of hydrogen-bond donors (Lipinski definition) is 1. The van der Waals surface area contributed by atoms with Crippen LogP contribution in [0.1, 0.15) is 0 Å². The van der Waals surface area contributed by atoms with Crippen molar-refractivity contribution in [2.75, 3.05) is 0 Å². The van der Waals surface area contributed by atoms with Gasteiger partial charge < -0.3 is 14.6 Å². The van der Waals surface area contributed by atoms with Gasteiger partial charge in [0.2, 0.25) is 0 Å². The van der Waals surface area contributed by atoms with Crippen LogP contribution in [0.3, 0.4) is 0 Å². The minimum Gasteiger partial charge on any atom is -0.346 e. The smallest absolute Gasteiger partial charge is 0.346 e. The number of hydrogen-bond acceptors (Lipinski definition) is 3. The second kappa shape index (κ2) is 6.23. The van der Waals surface area contributed by atoms with E-state index in [1.165, 1.54) is 0 Å². The van der Waals surface area contributed by atoms with Gasteiger partial charge in [-0.3, -0.25) is 0 Å². The Hall–Kier alpha value is -0.550. The highest BCUT2D eigenvalue weighted by Gasteiger charge is 2.91. The lowest BCUT2D eigenvalue weighted by Crippen LogP contribution is -2.72. The van der Waals surface area contributed by atoms with Gasteiger partial charge >= 0.3 is 35.8 Å². The lowest BCUT2D eigenvalue weighted by molar-refractivity contribution is -0.444. The molecule has 156 valence electrons. The van der Waals surface area contributed by atoms with Crippen LogP contribution >= 0.6 is 15.9 Å². The highest BCUT2D eigenvalue weighted by Crippen LogP contribution is 2.61. The van der Waals surface area contributed by atoms with E-state index in [1.54, 1.807) is 0 Å². The van der Waals surface area contributed by atoms with Crippen molar-refractivity contribution in [3.63, 3.8) is 0 Å². The van der Waals surface area contributed by atoms with E-state index in [4.69, 9.17) is 5.11 Å². The number of alkyl halides is 14. The molecule has 0 amide bonds. The van der Waals surface area contributed by atoms with Crippen LogP contribution < -0.4 is 0 Å². The summed E-state index contributed by atoms with van der Waals surface area (Å²) in [6, 6.07) is 0. The molecule has 1 saturated heterocycles. The third-order valence-corrected chi connectivity index (χ3v) is 3.76. The van der Waals surface area contributed by atoms with Crippen molar-refractivity contribution < 1.29 is 71.7 Å². The Bertz CT molecular complexity index is 533. The fraction of sp³-hybridized carbons (Fsp3) is 1.00. The molecule has 0 aromatic carbocycles. The largest absolute Gasteiger partial charge is 0.460 e. The number of halogens is 14. The minimum atomic E-state index is -7.99. The quantitative estimate of drug-likeness (QED) is 0.469. The van der Waals surface area contributed by atoms with E-state index in [0.29, 0.717) is 0 Å². The van der Waals surface area contributed by atoms with Gasteiger partial charge in [0, 0.05) is 0 Å². The monoisotopic (exact) mass is 486 g/mol. The Morgan fingerprint density at radius 1 is 0.615 bits per heavy atom. The molecule has 1 fully saturated rings. The maximum atomic E-state index is 13.6. The van der Waals surface area contributed by atoms with Crippen molar-refractivity contribution in [1.82, 2.24) is 0 Å². The summed E-state index contributed by atoms with van der Waals surface area (Å²) in [5.41, 5.74) is 0. The predicted molar refractivity (Wildman–Crippen MR) is 55.5 cm³/mol. The zero-order valence-corrected chi connectivity index (χ0v) is 12.9. The van der Waals surface area contributed by atoms with Crippen LogP contribution in [0.25, 0.3) is 0 Å². The summed E-state index contributed by atoms with van der Waals surface area (Å²) in [5.74, 6) is -37.7. The third kappa shape index (κ3) is 3.03. The van der Waals surface area contributed by atoms with Crippen LogP contribution in [0.2, 0.25) is 0 Å². The Kier molecular flexibility index (Phi) is 5.63. The lowest BCUT2D eigenvalue weighted by Gasteiger charge is -2.41. The first-order valence-electron chi connectivity index (χ1n) is 5.75. The molecule has 3 nitrogen and oxygen atoms in total. The average Bonchev–Trinajstić information content (AvgIpc) is 2.76. The lowest BCUT2D eigenvalue weighted by atomic mass is 9.91. The Balaban J connectivity index is 3.44. The average molecular weight is 487 g/mol. The van der Waals surface area contributed by atoms with Crippen LogP contribution in [-0.2, 0) is 9.47 Å². The molecule has 1 heterocycles. The molecule has 1 aliphatic rings. The standard InChI is InChI=1S/C9H4BrF13O3/c10-2-1(25-3(24)26-2)4(11,12)5(13,14)6(15,16)7(17,18)8(19,20)9(21,22)23/h1-3,24H. The fourth-order valence-electron chi connectivity index (χ4n) is 1.61. The molecule has 0 saturated carbocycles. The third-order valence-electron chi connectivity index (χ3n) is 3.06. The first-order chi connectivity index (χ1) is 11.2. The van der Waals surface area contributed by atoms with E-state index < -0.39 is 53.4 Å². The highest BCUT2D eigenvalue weighted by molar-refractivity contribution is 9.09. The van der Waals surface area contributed by atoms with Gasteiger partial charge in [0.1, 0.15) is 0 Å². The van der Waals surface area contributed by atoms with Crippen molar-refractivity contribution in [2.24, 2.45) is 0 Å². The molecular formula is C9H4BrF13O3. The van der Waals surface area contributed by atoms with Gasteiger partial charge in [0.05, 0.1) is 0 Å². The van der Waals surface area contributed by atoms with E-state index >= 15 is 0 Å². The molecule has 1 rings (SSSR count). The summed E-state index contributed by atoms with van der Waals surface area (Å²) in [6.07, 6.45) is -11.1. The van der Waals surface area contributed by atoms with E-state index in [1.807, 2.05) is 15.9 Å². The summed E-state index contributed by atoms with van der Waals surface area (Å²) in [7, 11) is 0. The summed E-state index contributed by atoms with van der Waals surface area (Å²) in [4.78, 5) is 0. The zero-order valence-electron chi connectivity index (χ0n) is 11.3. The molecule has 0 aromatic rings. The first-order valence-corrected chi connectivity index (χ1v) is 6.66. The predicted octanol–water partition coefficient (Wildman–Crippen LogP) is 4.14. The molecular weight excluding hydrogens is 483 g/mol. The number of aliphatic hydroxyl groups excluding tert-OH is 1. The van der Waals surface area contributed by atoms with Crippen molar-refractivity contribution in [1.29, 1.82) is 0 Å². The van der Waals surface area contributed by atoms with Crippen LogP contribution in [0.15, 0.2) is 0 Å². The van der Waals surface area contributed by atoms with Crippen molar-refractivity contribution in [3.8, 4) is 0 Å². The van der Waals surface area contributed by atoms with Gasteiger partial charge in [-0.25, -0.2) is 0 Å². The van der Waals surface area contributed by atoms with E-state index in [0.717, 1.165) is 0 Å². The number of ether oxygens (including phenoxy) is 2. The van der Waals surface area contributed by atoms with E-state index in [2.05, 4.69) is 9.47 Å². The van der Waals surface area contributed by atoms with Crippen LogP contribution in [0, 0.1) is 0 Å². The second-order valence-corrected chi connectivity index (χ2v) is 5.67. The molecule has 0 radical (unpaired) electrons.